The fourth-order valence-electron chi connectivity index (χ4n) is 3.82. The molecule has 1 aliphatic rings. The van der Waals surface area contributed by atoms with E-state index in [9.17, 15) is 22.4 Å². The molecule has 6 nitrogen and oxygen atoms in total. The second-order valence-corrected chi connectivity index (χ2v) is 7.80. The minimum Gasteiger partial charge on any atom is -0.475 e. The van der Waals surface area contributed by atoms with Gasteiger partial charge >= 0.3 is 12.1 Å². The van der Waals surface area contributed by atoms with Crippen LogP contribution in [0.15, 0.2) is 72.9 Å². The lowest BCUT2D eigenvalue weighted by atomic mass is 10.00. The first kappa shape index (κ1) is 23.9. The molecule has 3 heterocycles. The van der Waals surface area contributed by atoms with Crippen LogP contribution in [0.2, 0.25) is 0 Å². The van der Waals surface area contributed by atoms with Crippen molar-refractivity contribution in [2.24, 2.45) is 0 Å². The van der Waals surface area contributed by atoms with E-state index in [0.717, 1.165) is 17.5 Å². The number of pyridine rings is 1. The van der Waals surface area contributed by atoms with E-state index in [1.807, 2.05) is 45.8 Å². The first-order valence-electron chi connectivity index (χ1n) is 10.5. The van der Waals surface area contributed by atoms with E-state index >= 15 is 0 Å². The number of hydrogen-bond donors (Lipinski definition) is 1. The third kappa shape index (κ3) is 5.16. The van der Waals surface area contributed by atoms with Crippen molar-refractivity contribution in [3.05, 3.63) is 95.6 Å². The molecule has 0 bridgehead atoms. The molecule has 0 atom stereocenters. The van der Waals surface area contributed by atoms with Gasteiger partial charge in [0.1, 0.15) is 11.6 Å². The molecule has 0 saturated heterocycles. The summed E-state index contributed by atoms with van der Waals surface area (Å²) in [6.45, 7) is 1.26. The molecular weight excluding hydrogens is 466 g/mol. The number of carbonyl (C=O) groups is 2. The van der Waals surface area contributed by atoms with Crippen LogP contribution in [-0.2, 0) is 17.8 Å². The largest absolute Gasteiger partial charge is 0.490 e. The molecule has 2 aromatic carbocycles. The van der Waals surface area contributed by atoms with E-state index in [1.54, 1.807) is 12.1 Å². The van der Waals surface area contributed by atoms with Crippen molar-refractivity contribution in [2.45, 2.75) is 19.1 Å². The molecule has 4 aromatic rings. The topological polar surface area (TPSA) is 74.9 Å². The maximum absolute atomic E-state index is 13.3. The fourth-order valence-corrected chi connectivity index (χ4v) is 3.82. The van der Waals surface area contributed by atoms with Gasteiger partial charge in [-0.2, -0.15) is 13.2 Å². The smallest absolute Gasteiger partial charge is 0.475 e. The van der Waals surface area contributed by atoms with Gasteiger partial charge in [0.25, 0.3) is 5.91 Å². The van der Waals surface area contributed by atoms with Crippen LogP contribution < -0.4 is 0 Å². The number of benzene rings is 2. The average Bonchev–Trinajstić information content (AvgIpc) is 3.23. The van der Waals surface area contributed by atoms with Gasteiger partial charge in [0.15, 0.2) is 5.69 Å². The van der Waals surface area contributed by atoms with Gasteiger partial charge in [-0.1, -0.05) is 30.3 Å². The monoisotopic (exact) mass is 485 g/mol. The van der Waals surface area contributed by atoms with Crippen molar-refractivity contribution in [3.63, 3.8) is 0 Å². The van der Waals surface area contributed by atoms with Crippen molar-refractivity contribution in [1.82, 2.24) is 14.3 Å². The Balaban J connectivity index is 0.000000364. The average molecular weight is 485 g/mol. The van der Waals surface area contributed by atoms with Gasteiger partial charge in [-0.15, -0.1) is 0 Å². The number of aliphatic carboxylic acids is 1. The second-order valence-electron chi connectivity index (χ2n) is 7.80. The van der Waals surface area contributed by atoms with Crippen molar-refractivity contribution in [3.8, 4) is 11.4 Å². The van der Waals surface area contributed by atoms with Gasteiger partial charge in [0, 0.05) is 24.8 Å². The minimum absolute atomic E-state index is 0.0773. The summed E-state index contributed by atoms with van der Waals surface area (Å²) in [5.41, 5.74) is 4.44. The number of aromatic nitrogens is 2. The van der Waals surface area contributed by atoms with Crippen molar-refractivity contribution >= 4 is 17.4 Å². The van der Waals surface area contributed by atoms with E-state index in [2.05, 4.69) is 17.1 Å². The highest BCUT2D eigenvalue weighted by Gasteiger charge is 2.38. The number of halogens is 4. The van der Waals surface area contributed by atoms with Crippen LogP contribution in [0, 0.1) is 5.82 Å². The summed E-state index contributed by atoms with van der Waals surface area (Å²) >= 11 is 0. The predicted molar refractivity (Wildman–Crippen MR) is 119 cm³/mol. The normalized spacial score (nSPS) is 13.1. The molecule has 5 rings (SSSR count). The lowest BCUT2D eigenvalue weighted by Crippen LogP contribution is -2.36. The highest BCUT2D eigenvalue weighted by atomic mass is 19.4. The summed E-state index contributed by atoms with van der Waals surface area (Å²) in [5.74, 6) is -2.50. The van der Waals surface area contributed by atoms with Crippen molar-refractivity contribution < 1.29 is 32.3 Å². The molecule has 1 amide bonds. The van der Waals surface area contributed by atoms with Gasteiger partial charge < -0.3 is 10.0 Å². The van der Waals surface area contributed by atoms with Gasteiger partial charge in [0.05, 0.1) is 5.52 Å². The van der Waals surface area contributed by atoms with E-state index in [0.29, 0.717) is 24.6 Å². The Morgan fingerprint density at radius 2 is 1.54 bits per heavy atom. The molecule has 0 radical (unpaired) electrons. The highest BCUT2D eigenvalue weighted by molar-refractivity contribution is 6.00. The van der Waals surface area contributed by atoms with Crippen LogP contribution in [0.3, 0.4) is 0 Å². The third-order valence-corrected chi connectivity index (χ3v) is 5.51. The number of alkyl halides is 3. The van der Waals surface area contributed by atoms with Crippen LogP contribution in [0.25, 0.3) is 16.9 Å². The summed E-state index contributed by atoms with van der Waals surface area (Å²) in [7, 11) is 0. The molecule has 0 saturated carbocycles. The zero-order chi connectivity index (χ0) is 25.2. The van der Waals surface area contributed by atoms with Crippen LogP contribution in [0.4, 0.5) is 17.6 Å². The first-order valence-corrected chi connectivity index (χ1v) is 10.5. The van der Waals surface area contributed by atoms with E-state index in [4.69, 9.17) is 9.90 Å². The number of carboxylic acids is 1. The number of carboxylic acid groups (broad SMARTS) is 1. The Morgan fingerprint density at radius 3 is 2.20 bits per heavy atom. The molecule has 35 heavy (non-hydrogen) atoms. The lowest BCUT2D eigenvalue weighted by Gasteiger charge is -2.28. The van der Waals surface area contributed by atoms with Gasteiger partial charge in [0.2, 0.25) is 0 Å². The molecule has 180 valence electrons. The molecular formula is C25H19F4N3O3. The van der Waals surface area contributed by atoms with E-state index < -0.39 is 12.1 Å². The molecule has 0 aliphatic carbocycles. The van der Waals surface area contributed by atoms with Gasteiger partial charge in [-0.25, -0.2) is 14.2 Å². The summed E-state index contributed by atoms with van der Waals surface area (Å²) in [5, 5.41) is 7.12. The number of hydrogen-bond acceptors (Lipinski definition) is 3. The van der Waals surface area contributed by atoms with Crippen LogP contribution in [0.1, 0.15) is 21.6 Å². The number of nitrogens with zero attached hydrogens (tertiary/aromatic N) is 3. The van der Waals surface area contributed by atoms with E-state index in [1.165, 1.54) is 23.3 Å². The summed E-state index contributed by atoms with van der Waals surface area (Å²) in [6, 6.07) is 20.1. The van der Waals surface area contributed by atoms with Crippen molar-refractivity contribution in [2.75, 3.05) is 6.54 Å². The standard InChI is InChI=1S/C23H18FN3O.C2HF3O2/c24-19-10-8-17(9-11-19)22-25-21(20-7-3-4-13-27(20)22)23(28)26-14-12-16-5-1-2-6-18(16)15-26;3-2(4,5)1(6)7/h1-11,13H,12,14-15H2;(H,6,7). The van der Waals surface area contributed by atoms with Crippen LogP contribution in [0.5, 0.6) is 0 Å². The molecule has 0 fully saturated rings. The number of rotatable bonds is 2. The van der Waals surface area contributed by atoms with Gasteiger partial charge in [-0.3, -0.25) is 9.20 Å². The zero-order valence-electron chi connectivity index (χ0n) is 18.2. The first-order chi connectivity index (χ1) is 16.6. The number of imidazole rings is 1. The molecule has 1 N–H and O–H groups in total. The quantitative estimate of drug-likeness (QED) is 0.407. The Morgan fingerprint density at radius 1 is 0.914 bits per heavy atom. The Bertz CT molecular complexity index is 1380. The molecule has 0 unspecified atom stereocenters. The Labute approximate surface area is 197 Å². The van der Waals surface area contributed by atoms with E-state index in [-0.39, 0.29) is 11.7 Å². The summed E-state index contributed by atoms with van der Waals surface area (Å²) in [4.78, 5) is 28.7. The SMILES string of the molecule is O=C(O)C(F)(F)F.O=C(c1nc(-c2ccc(F)cc2)n2ccccc12)N1CCc2ccccc2C1. The zero-order valence-corrected chi connectivity index (χ0v) is 18.2. The molecule has 10 heteroatoms. The van der Waals surface area contributed by atoms with Crippen molar-refractivity contribution in [1.29, 1.82) is 0 Å². The molecule has 0 spiro atoms. The third-order valence-electron chi connectivity index (χ3n) is 5.51. The second kappa shape index (κ2) is 9.57. The maximum Gasteiger partial charge on any atom is 0.490 e. The number of fused-ring (bicyclic) bond motifs is 2. The van der Waals surface area contributed by atoms with Gasteiger partial charge in [-0.05, 0) is 53.9 Å². The summed E-state index contributed by atoms with van der Waals surface area (Å²) < 4.78 is 46.9. The number of carbonyl (C=O) groups excluding carboxylic acids is 1. The predicted octanol–water partition coefficient (Wildman–Crippen LogP) is 4.97. The Kier molecular flexibility index (Phi) is 6.54. The fraction of sp³-hybridized carbons (Fsp3) is 0.160. The van der Waals surface area contributed by atoms with Crippen LogP contribution >= 0.6 is 0 Å². The lowest BCUT2D eigenvalue weighted by molar-refractivity contribution is -0.192. The molecule has 2 aromatic heterocycles. The molecule has 1 aliphatic heterocycles. The van der Waals surface area contributed by atoms with Crippen LogP contribution in [-0.4, -0.2) is 44.0 Å². The highest BCUT2D eigenvalue weighted by Crippen LogP contribution is 2.26. The minimum atomic E-state index is -5.08. The Hall–Kier alpha value is -4.21. The summed E-state index contributed by atoms with van der Waals surface area (Å²) in [6.07, 6.45) is -2.36. The maximum atomic E-state index is 13.3. The number of amides is 1.